The van der Waals surface area contributed by atoms with Crippen molar-refractivity contribution in [3.8, 4) is 0 Å². The first kappa shape index (κ1) is 28.4. The van der Waals surface area contributed by atoms with Crippen molar-refractivity contribution < 1.29 is 9.90 Å². The van der Waals surface area contributed by atoms with E-state index in [0.717, 1.165) is 29.6 Å². The topological polar surface area (TPSA) is 49.3 Å². The summed E-state index contributed by atoms with van der Waals surface area (Å²) in [7, 11) is 2.29. The summed E-state index contributed by atoms with van der Waals surface area (Å²) < 4.78 is 0. The fourth-order valence-corrected chi connectivity index (χ4v) is 13.8. The molecular weight excluding hydrogens is 502 g/mol. The van der Waals surface area contributed by atoms with Gasteiger partial charge in [0.1, 0.15) is 0 Å². The molecule has 0 bridgehead atoms. The Bertz CT molecular complexity index is 1220. The second kappa shape index (κ2) is 8.86. The minimum atomic E-state index is -0.826. The van der Waals surface area contributed by atoms with E-state index in [9.17, 15) is 9.90 Å². The Morgan fingerprint density at radius 3 is 2.07 bits per heavy atom. The molecule has 6 fully saturated rings. The van der Waals surface area contributed by atoms with E-state index in [1.807, 2.05) is 12.1 Å². The number of nitrogens with one attached hydrogen (secondary N) is 1. The Balaban J connectivity index is 1.21. The highest BCUT2D eigenvalue weighted by Crippen LogP contribution is 2.78. The van der Waals surface area contributed by atoms with Gasteiger partial charge in [0, 0.05) is 5.54 Å². The summed E-state index contributed by atoms with van der Waals surface area (Å²) in [5.41, 5.74) is 4.22. The van der Waals surface area contributed by atoms with Crippen LogP contribution in [-0.4, -0.2) is 23.7 Å². The lowest BCUT2D eigenvalue weighted by Gasteiger charge is -2.73. The van der Waals surface area contributed by atoms with Crippen LogP contribution in [0.3, 0.4) is 0 Å². The van der Waals surface area contributed by atoms with Crippen molar-refractivity contribution in [2.24, 2.45) is 56.7 Å². The SMILES string of the molecule is CN[C@]12CC[C@@H](C3(C)CC3)[C@@H]1[C@H]1CC[C@@H]3[C@@]4(C)CC[C@H](c5ccc(C(=O)O)cc5)C(C)(C)[C@@H]4CC[C@@]3(C)[C@]1(C)CC2. The summed E-state index contributed by atoms with van der Waals surface area (Å²) >= 11 is 0. The van der Waals surface area contributed by atoms with Gasteiger partial charge >= 0.3 is 5.97 Å². The average molecular weight is 560 g/mol. The van der Waals surface area contributed by atoms with Gasteiger partial charge in [-0.05, 0) is 164 Å². The maximum Gasteiger partial charge on any atom is 0.335 e. The molecule has 10 atom stereocenters. The molecule has 6 aliphatic carbocycles. The lowest BCUT2D eigenvalue weighted by atomic mass is 9.32. The minimum absolute atomic E-state index is 0.210. The number of hydrogen-bond donors (Lipinski definition) is 2. The maximum atomic E-state index is 11.5. The first-order valence-corrected chi connectivity index (χ1v) is 17.3. The molecule has 6 aliphatic rings. The quantitative estimate of drug-likeness (QED) is 0.386. The lowest BCUT2D eigenvalue weighted by Crippen LogP contribution is -2.68. The molecule has 0 radical (unpaired) electrons. The van der Waals surface area contributed by atoms with Gasteiger partial charge < -0.3 is 10.4 Å². The first-order chi connectivity index (χ1) is 19.3. The predicted molar refractivity (Wildman–Crippen MR) is 167 cm³/mol. The van der Waals surface area contributed by atoms with Crippen LogP contribution in [0.2, 0.25) is 0 Å². The van der Waals surface area contributed by atoms with E-state index in [-0.39, 0.29) is 5.41 Å². The number of carboxylic acid groups (broad SMARTS) is 1. The molecule has 0 unspecified atom stereocenters. The molecule has 6 saturated carbocycles. The summed E-state index contributed by atoms with van der Waals surface area (Å²) in [5, 5.41) is 13.5. The van der Waals surface area contributed by atoms with E-state index in [0.29, 0.717) is 38.7 Å². The molecule has 3 heteroatoms. The van der Waals surface area contributed by atoms with Gasteiger partial charge in [-0.15, -0.1) is 0 Å². The average Bonchev–Trinajstić information content (AvgIpc) is 3.54. The third-order valence-corrected chi connectivity index (χ3v) is 16.5. The van der Waals surface area contributed by atoms with Gasteiger partial charge in [-0.25, -0.2) is 4.79 Å². The summed E-state index contributed by atoms with van der Waals surface area (Å²) in [6, 6.07) is 7.89. The predicted octanol–water partition coefficient (Wildman–Crippen LogP) is 9.32. The third-order valence-electron chi connectivity index (χ3n) is 16.5. The number of carbonyl (C=O) groups is 1. The van der Waals surface area contributed by atoms with E-state index in [4.69, 9.17) is 0 Å². The summed E-state index contributed by atoms with van der Waals surface area (Å²) in [4.78, 5) is 11.5. The molecule has 0 saturated heterocycles. The molecule has 226 valence electrons. The fourth-order valence-electron chi connectivity index (χ4n) is 13.8. The van der Waals surface area contributed by atoms with Crippen LogP contribution >= 0.6 is 0 Å². The molecule has 0 amide bonds. The van der Waals surface area contributed by atoms with Crippen molar-refractivity contribution >= 4 is 5.97 Å². The zero-order valence-electron chi connectivity index (χ0n) is 27.1. The number of hydrogen-bond acceptors (Lipinski definition) is 2. The van der Waals surface area contributed by atoms with Crippen molar-refractivity contribution in [1.82, 2.24) is 5.32 Å². The minimum Gasteiger partial charge on any atom is -0.478 e. The van der Waals surface area contributed by atoms with Crippen LogP contribution in [0.5, 0.6) is 0 Å². The number of fused-ring (bicyclic) bond motifs is 7. The Morgan fingerprint density at radius 1 is 0.732 bits per heavy atom. The number of aromatic carboxylic acids is 1. The molecule has 0 aliphatic heterocycles. The monoisotopic (exact) mass is 559 g/mol. The van der Waals surface area contributed by atoms with Crippen LogP contribution in [0.15, 0.2) is 24.3 Å². The molecule has 0 spiro atoms. The van der Waals surface area contributed by atoms with Gasteiger partial charge in [0.2, 0.25) is 0 Å². The van der Waals surface area contributed by atoms with E-state index in [2.05, 4.69) is 66.0 Å². The van der Waals surface area contributed by atoms with Crippen molar-refractivity contribution in [3.63, 3.8) is 0 Å². The first-order valence-electron chi connectivity index (χ1n) is 17.3. The Hall–Kier alpha value is -1.35. The fraction of sp³-hybridized carbons (Fsp3) is 0.816. The van der Waals surface area contributed by atoms with Crippen molar-refractivity contribution in [2.45, 2.75) is 130 Å². The number of rotatable bonds is 4. The molecule has 41 heavy (non-hydrogen) atoms. The lowest BCUT2D eigenvalue weighted by molar-refractivity contribution is -0.235. The van der Waals surface area contributed by atoms with Gasteiger partial charge in [0.05, 0.1) is 5.56 Å². The van der Waals surface area contributed by atoms with Crippen LogP contribution in [0, 0.1) is 56.7 Å². The third kappa shape index (κ3) is 3.63. The van der Waals surface area contributed by atoms with Gasteiger partial charge in [-0.3, -0.25) is 0 Å². The van der Waals surface area contributed by atoms with E-state index >= 15 is 0 Å². The summed E-state index contributed by atoms with van der Waals surface area (Å²) in [5.74, 6) is 3.86. The second-order valence-electron chi connectivity index (χ2n) is 17.7. The van der Waals surface area contributed by atoms with E-state index in [1.54, 1.807) is 0 Å². The molecule has 7 rings (SSSR count). The summed E-state index contributed by atoms with van der Waals surface area (Å²) in [6.45, 7) is 16.0. The van der Waals surface area contributed by atoms with Crippen LogP contribution in [-0.2, 0) is 0 Å². The van der Waals surface area contributed by atoms with Gasteiger partial charge in [0.25, 0.3) is 0 Å². The Morgan fingerprint density at radius 2 is 1.44 bits per heavy atom. The Kier molecular flexibility index (Phi) is 6.14. The Labute approximate surface area is 250 Å². The van der Waals surface area contributed by atoms with Gasteiger partial charge in [-0.2, -0.15) is 0 Å². The van der Waals surface area contributed by atoms with Crippen molar-refractivity contribution in [3.05, 3.63) is 35.4 Å². The van der Waals surface area contributed by atoms with Crippen LogP contribution in [0.4, 0.5) is 0 Å². The van der Waals surface area contributed by atoms with Crippen molar-refractivity contribution in [1.29, 1.82) is 0 Å². The highest BCUT2D eigenvalue weighted by atomic mass is 16.4. The molecule has 0 heterocycles. The molecule has 1 aromatic rings. The highest BCUT2D eigenvalue weighted by Gasteiger charge is 2.72. The zero-order valence-corrected chi connectivity index (χ0v) is 27.1. The standard InChI is InChI=1S/C38H57NO2/c1-33(2)26(24-8-10-25(11-9-24)32(40)41)14-17-35(4)29(33)16-18-37(6)30(35)13-12-28-31-27(34(3)20-21-34)15-19-38(31,39-7)23-22-36(28,37)5/h8-11,26-31,39H,12-23H2,1-7H3,(H,40,41)/t26-,27-,28-,29+,30-,31-,35+,36-,37-,38+/m1/s1. The number of benzene rings is 1. The molecular formula is C38H57NO2. The zero-order chi connectivity index (χ0) is 29.2. The van der Waals surface area contributed by atoms with Crippen LogP contribution < -0.4 is 5.32 Å². The molecule has 3 nitrogen and oxygen atoms in total. The summed E-state index contributed by atoms with van der Waals surface area (Å²) in [6.07, 6.45) is 16.7. The van der Waals surface area contributed by atoms with Gasteiger partial charge in [-0.1, -0.05) is 53.7 Å². The van der Waals surface area contributed by atoms with Crippen LogP contribution in [0.25, 0.3) is 0 Å². The maximum absolute atomic E-state index is 11.5. The molecule has 0 aromatic heterocycles. The van der Waals surface area contributed by atoms with Crippen molar-refractivity contribution in [2.75, 3.05) is 7.05 Å². The van der Waals surface area contributed by atoms with Gasteiger partial charge in [0.15, 0.2) is 0 Å². The normalized spacial score (nSPS) is 49.2. The smallest absolute Gasteiger partial charge is 0.335 e. The second-order valence-corrected chi connectivity index (χ2v) is 17.7. The van der Waals surface area contributed by atoms with Crippen LogP contribution in [0.1, 0.15) is 140 Å². The largest absolute Gasteiger partial charge is 0.478 e. The number of carboxylic acids is 1. The van der Waals surface area contributed by atoms with E-state index in [1.165, 1.54) is 82.6 Å². The molecule has 2 N–H and O–H groups in total. The van der Waals surface area contributed by atoms with E-state index < -0.39 is 5.97 Å². The highest BCUT2D eigenvalue weighted by molar-refractivity contribution is 5.87. The molecule has 1 aromatic carbocycles.